The maximum Gasteiger partial charge on any atom is 0.336 e. The summed E-state index contributed by atoms with van der Waals surface area (Å²) in [5.41, 5.74) is -2.13. The molecule has 0 aromatic carbocycles. The quantitative estimate of drug-likeness (QED) is 0.584. The fourth-order valence-corrected chi connectivity index (χ4v) is 7.37. The monoisotopic (exact) mass is 390 g/mol. The molecule has 2 bridgehead atoms. The molecule has 4 rings (SSSR count). The first-order valence-electron chi connectivity index (χ1n) is 10.9. The van der Waals surface area contributed by atoms with Crippen LogP contribution in [0.2, 0.25) is 0 Å². The van der Waals surface area contributed by atoms with E-state index in [1.807, 2.05) is 6.92 Å². The molecule has 28 heavy (non-hydrogen) atoms. The Labute approximate surface area is 167 Å². The summed E-state index contributed by atoms with van der Waals surface area (Å²) in [7, 11) is 0. The third kappa shape index (κ3) is 2.54. The van der Waals surface area contributed by atoms with Gasteiger partial charge in [0.15, 0.2) is 0 Å². The van der Waals surface area contributed by atoms with Crippen LogP contribution in [0.3, 0.4) is 0 Å². The minimum atomic E-state index is -1.13. The second-order valence-corrected chi connectivity index (χ2v) is 10.2. The molecule has 5 heteroatoms. The van der Waals surface area contributed by atoms with Crippen LogP contribution in [0.4, 0.5) is 0 Å². The Kier molecular flexibility index (Phi) is 4.50. The van der Waals surface area contributed by atoms with Crippen molar-refractivity contribution >= 4 is 11.9 Å². The zero-order valence-corrected chi connectivity index (χ0v) is 17.5. The number of esters is 2. The summed E-state index contributed by atoms with van der Waals surface area (Å²) in [4.78, 5) is 25.6. The molecule has 156 valence electrons. The first kappa shape index (κ1) is 19.9. The van der Waals surface area contributed by atoms with Gasteiger partial charge in [-0.1, -0.05) is 26.8 Å². The molecule has 1 N–H and O–H groups in total. The van der Waals surface area contributed by atoms with E-state index in [0.29, 0.717) is 25.9 Å². The molecule has 1 aliphatic heterocycles. The molecule has 0 aromatic heterocycles. The zero-order chi connectivity index (χ0) is 20.4. The van der Waals surface area contributed by atoms with E-state index in [2.05, 4.69) is 20.4 Å². The van der Waals surface area contributed by atoms with Gasteiger partial charge in [0, 0.05) is 12.3 Å². The maximum absolute atomic E-state index is 13.0. The van der Waals surface area contributed by atoms with Crippen LogP contribution in [0.5, 0.6) is 0 Å². The number of carbonyl (C=O) groups is 2. The minimum Gasteiger partial charge on any atom is -0.465 e. The summed E-state index contributed by atoms with van der Waals surface area (Å²) >= 11 is 0. The Morgan fingerprint density at radius 1 is 1.21 bits per heavy atom. The van der Waals surface area contributed by atoms with Crippen LogP contribution >= 0.6 is 0 Å². The van der Waals surface area contributed by atoms with Crippen molar-refractivity contribution < 1.29 is 24.2 Å². The average Bonchev–Trinajstić information content (AvgIpc) is 2.63. The predicted molar refractivity (Wildman–Crippen MR) is 104 cm³/mol. The lowest BCUT2D eigenvalue weighted by atomic mass is 9.42. The molecule has 0 radical (unpaired) electrons. The topological polar surface area (TPSA) is 72.8 Å². The molecule has 1 spiro atoms. The number of rotatable bonds is 3. The van der Waals surface area contributed by atoms with Gasteiger partial charge < -0.3 is 14.6 Å². The Morgan fingerprint density at radius 3 is 2.64 bits per heavy atom. The Morgan fingerprint density at radius 2 is 1.93 bits per heavy atom. The number of aliphatic hydroxyl groups is 1. The number of fused-ring (bicyclic) bond motifs is 3. The van der Waals surface area contributed by atoms with Crippen LogP contribution in [-0.4, -0.2) is 34.9 Å². The van der Waals surface area contributed by atoms with E-state index < -0.39 is 22.6 Å². The van der Waals surface area contributed by atoms with Crippen LogP contribution in [0.15, 0.2) is 12.2 Å². The van der Waals surface area contributed by atoms with E-state index in [-0.39, 0.29) is 28.8 Å². The van der Waals surface area contributed by atoms with Gasteiger partial charge in [0.2, 0.25) is 0 Å². The lowest BCUT2D eigenvalue weighted by molar-refractivity contribution is -0.248. The first-order chi connectivity index (χ1) is 13.1. The van der Waals surface area contributed by atoms with Gasteiger partial charge >= 0.3 is 11.9 Å². The van der Waals surface area contributed by atoms with Crippen molar-refractivity contribution in [3.05, 3.63) is 12.2 Å². The van der Waals surface area contributed by atoms with Gasteiger partial charge in [0.25, 0.3) is 0 Å². The third-order valence-corrected chi connectivity index (χ3v) is 8.71. The molecule has 0 amide bonds. The Bertz CT molecular complexity index is 716. The van der Waals surface area contributed by atoms with Gasteiger partial charge in [0.1, 0.15) is 5.60 Å². The molecule has 3 saturated carbocycles. The molecule has 3 aliphatic carbocycles. The van der Waals surface area contributed by atoms with Gasteiger partial charge in [-0.3, -0.25) is 4.79 Å². The van der Waals surface area contributed by atoms with Crippen molar-refractivity contribution in [2.75, 3.05) is 6.61 Å². The fourth-order valence-electron chi connectivity index (χ4n) is 7.37. The minimum absolute atomic E-state index is 0.0671. The summed E-state index contributed by atoms with van der Waals surface area (Å²) in [6, 6.07) is 0. The molecule has 4 aliphatic rings. The van der Waals surface area contributed by atoms with Gasteiger partial charge in [-0.25, -0.2) is 4.79 Å². The van der Waals surface area contributed by atoms with Crippen LogP contribution in [0.1, 0.15) is 78.6 Å². The molecule has 4 fully saturated rings. The van der Waals surface area contributed by atoms with Crippen LogP contribution in [0.25, 0.3) is 0 Å². The number of hydrogen-bond acceptors (Lipinski definition) is 5. The van der Waals surface area contributed by atoms with Gasteiger partial charge in [-0.15, -0.1) is 0 Å². The highest BCUT2D eigenvalue weighted by molar-refractivity contribution is 5.91. The molecule has 6 atom stereocenters. The van der Waals surface area contributed by atoms with Gasteiger partial charge in [-0.2, -0.15) is 0 Å². The van der Waals surface area contributed by atoms with Gasteiger partial charge in [0.05, 0.1) is 23.2 Å². The molecule has 1 saturated heterocycles. The molecule has 5 nitrogen and oxygen atoms in total. The van der Waals surface area contributed by atoms with Gasteiger partial charge in [-0.05, 0) is 63.2 Å². The highest BCUT2D eigenvalue weighted by atomic mass is 16.6. The molecular weight excluding hydrogens is 356 g/mol. The average molecular weight is 391 g/mol. The largest absolute Gasteiger partial charge is 0.465 e. The Hall–Kier alpha value is -1.36. The number of ether oxygens (including phenoxy) is 2. The van der Waals surface area contributed by atoms with Crippen molar-refractivity contribution in [1.82, 2.24) is 0 Å². The Balaban J connectivity index is 1.68. The highest BCUT2D eigenvalue weighted by Crippen LogP contribution is 2.68. The van der Waals surface area contributed by atoms with Crippen LogP contribution < -0.4 is 0 Å². The van der Waals surface area contributed by atoms with E-state index in [1.54, 1.807) is 0 Å². The molecule has 0 aromatic rings. The van der Waals surface area contributed by atoms with E-state index in [0.717, 1.165) is 38.5 Å². The summed E-state index contributed by atoms with van der Waals surface area (Å²) in [5.74, 6) is -0.137. The SMILES string of the molecule is C=C1C(=O)O[C@@]23CC[C@H]4[C@@](C)(CCC[C@@]4(C)C(=O)OCCC)[C@@H]2CC[C@@]1(O)C3. The lowest BCUT2D eigenvalue weighted by Crippen LogP contribution is -2.68. The van der Waals surface area contributed by atoms with E-state index in [4.69, 9.17) is 9.47 Å². The summed E-state index contributed by atoms with van der Waals surface area (Å²) in [6.45, 7) is 10.7. The van der Waals surface area contributed by atoms with Crippen molar-refractivity contribution in [2.24, 2.45) is 22.7 Å². The maximum atomic E-state index is 13.0. The lowest BCUT2D eigenvalue weighted by Gasteiger charge is -2.66. The van der Waals surface area contributed by atoms with Crippen molar-refractivity contribution in [3.63, 3.8) is 0 Å². The molecular formula is C23H34O5. The van der Waals surface area contributed by atoms with Crippen molar-refractivity contribution in [2.45, 2.75) is 89.8 Å². The number of hydrogen-bond donors (Lipinski definition) is 1. The van der Waals surface area contributed by atoms with E-state index >= 15 is 0 Å². The van der Waals surface area contributed by atoms with E-state index in [9.17, 15) is 14.7 Å². The highest BCUT2D eigenvalue weighted by Gasteiger charge is 2.68. The second-order valence-electron chi connectivity index (χ2n) is 10.2. The van der Waals surface area contributed by atoms with Crippen LogP contribution in [0, 0.1) is 22.7 Å². The van der Waals surface area contributed by atoms with Crippen molar-refractivity contribution in [1.29, 1.82) is 0 Å². The molecule has 1 heterocycles. The fraction of sp³-hybridized carbons (Fsp3) is 0.826. The summed E-state index contributed by atoms with van der Waals surface area (Å²) < 4.78 is 11.6. The second kappa shape index (κ2) is 6.32. The summed E-state index contributed by atoms with van der Waals surface area (Å²) in [6.07, 6.45) is 7.01. The standard InChI is InChI=1S/C23H34O5/c1-5-13-27-19(25)21(4)10-6-9-20(3)16(21)8-12-23-14-22(26,11-7-17(20)23)15(2)18(24)28-23/h16-17,26H,2,5-14H2,1,3-4H3/t16-,17-,20+,21+,22+,23+/m0/s1. The first-order valence-corrected chi connectivity index (χ1v) is 10.9. The van der Waals surface area contributed by atoms with Crippen molar-refractivity contribution in [3.8, 4) is 0 Å². The van der Waals surface area contributed by atoms with Crippen LogP contribution in [-0.2, 0) is 19.1 Å². The molecule has 0 unspecified atom stereocenters. The summed E-state index contributed by atoms with van der Waals surface area (Å²) in [5, 5.41) is 11.1. The van der Waals surface area contributed by atoms with E-state index in [1.165, 1.54) is 0 Å². The zero-order valence-electron chi connectivity index (χ0n) is 17.5. The smallest absolute Gasteiger partial charge is 0.336 e. The number of carbonyl (C=O) groups excluding carboxylic acids is 2. The predicted octanol–water partition coefficient (Wildman–Crippen LogP) is 3.93. The normalized spacial score (nSPS) is 47.6. The third-order valence-electron chi connectivity index (χ3n) is 8.71.